The SMILES string of the molecule is Cc1cc(OCC2CCCN(S(C)(=O)=O)C2)c(C)cc1N. The van der Waals surface area contributed by atoms with Gasteiger partial charge in [0.05, 0.1) is 12.9 Å². The van der Waals surface area contributed by atoms with Crippen molar-refractivity contribution in [3.63, 3.8) is 0 Å². The Hall–Kier alpha value is -1.27. The number of rotatable bonds is 4. The lowest BCUT2D eigenvalue weighted by Crippen LogP contribution is -2.40. The van der Waals surface area contributed by atoms with Gasteiger partial charge >= 0.3 is 0 Å². The average molecular weight is 312 g/mol. The predicted octanol–water partition coefficient (Wildman–Crippen LogP) is 1.94. The van der Waals surface area contributed by atoms with Crippen LogP contribution in [0.3, 0.4) is 0 Å². The van der Waals surface area contributed by atoms with Crippen molar-refractivity contribution in [3.8, 4) is 5.75 Å². The van der Waals surface area contributed by atoms with Crippen LogP contribution in [-0.2, 0) is 10.0 Å². The summed E-state index contributed by atoms with van der Waals surface area (Å²) >= 11 is 0. The molecule has 0 aromatic heterocycles. The Balaban J connectivity index is 1.98. The molecule has 1 fully saturated rings. The van der Waals surface area contributed by atoms with Crippen LogP contribution < -0.4 is 10.5 Å². The van der Waals surface area contributed by atoms with E-state index in [1.165, 1.54) is 6.26 Å². The van der Waals surface area contributed by atoms with Gasteiger partial charge in [0.2, 0.25) is 10.0 Å². The maximum absolute atomic E-state index is 11.6. The van der Waals surface area contributed by atoms with Gasteiger partial charge in [-0.3, -0.25) is 0 Å². The number of hydrogen-bond donors (Lipinski definition) is 1. The second-order valence-electron chi connectivity index (χ2n) is 5.91. The van der Waals surface area contributed by atoms with Crippen molar-refractivity contribution in [2.75, 3.05) is 31.7 Å². The van der Waals surface area contributed by atoms with Crippen molar-refractivity contribution >= 4 is 15.7 Å². The molecule has 1 aromatic rings. The van der Waals surface area contributed by atoms with Gasteiger partial charge in [-0.25, -0.2) is 12.7 Å². The maximum Gasteiger partial charge on any atom is 0.211 e. The highest BCUT2D eigenvalue weighted by Gasteiger charge is 2.26. The standard InChI is InChI=1S/C15H24N2O3S/c1-11-8-15(12(2)7-14(11)16)20-10-13-5-4-6-17(9-13)21(3,18)19/h7-8,13H,4-6,9-10,16H2,1-3H3. The maximum atomic E-state index is 11.6. The summed E-state index contributed by atoms with van der Waals surface area (Å²) in [5.74, 6) is 1.07. The fraction of sp³-hybridized carbons (Fsp3) is 0.600. The van der Waals surface area contributed by atoms with Crippen LogP contribution in [0, 0.1) is 19.8 Å². The van der Waals surface area contributed by atoms with Crippen LogP contribution in [-0.4, -0.2) is 38.7 Å². The van der Waals surface area contributed by atoms with Crippen LogP contribution in [0.1, 0.15) is 24.0 Å². The molecule has 1 aliphatic rings. The number of aryl methyl sites for hydroxylation is 2. The summed E-state index contributed by atoms with van der Waals surface area (Å²) in [6.45, 7) is 5.62. The third-order valence-electron chi connectivity index (χ3n) is 3.99. The van der Waals surface area contributed by atoms with E-state index in [0.717, 1.165) is 35.4 Å². The molecule has 1 atom stereocenters. The molecule has 5 nitrogen and oxygen atoms in total. The van der Waals surface area contributed by atoms with Crippen LogP contribution in [0.15, 0.2) is 12.1 Å². The molecule has 1 aliphatic heterocycles. The molecule has 0 radical (unpaired) electrons. The Bertz CT molecular complexity index is 614. The second-order valence-corrected chi connectivity index (χ2v) is 7.90. The van der Waals surface area contributed by atoms with Crippen LogP contribution in [0.5, 0.6) is 5.75 Å². The molecule has 118 valence electrons. The van der Waals surface area contributed by atoms with E-state index >= 15 is 0 Å². The zero-order valence-electron chi connectivity index (χ0n) is 12.9. The van der Waals surface area contributed by atoms with Crippen LogP contribution in [0.2, 0.25) is 0 Å². The first-order valence-electron chi connectivity index (χ1n) is 7.22. The monoisotopic (exact) mass is 312 g/mol. The lowest BCUT2D eigenvalue weighted by molar-refractivity contribution is 0.180. The Morgan fingerprint density at radius 2 is 2.05 bits per heavy atom. The molecule has 1 heterocycles. The van der Waals surface area contributed by atoms with Crippen molar-refractivity contribution in [3.05, 3.63) is 23.3 Å². The van der Waals surface area contributed by atoms with E-state index in [-0.39, 0.29) is 5.92 Å². The van der Waals surface area contributed by atoms with E-state index in [1.807, 2.05) is 26.0 Å². The van der Waals surface area contributed by atoms with Crippen molar-refractivity contribution < 1.29 is 13.2 Å². The smallest absolute Gasteiger partial charge is 0.211 e. The van der Waals surface area contributed by atoms with Crippen molar-refractivity contribution in [1.82, 2.24) is 4.31 Å². The largest absolute Gasteiger partial charge is 0.493 e. The molecule has 1 unspecified atom stereocenters. The first kappa shape index (κ1) is 16.1. The van der Waals surface area contributed by atoms with Gasteiger partial charge in [-0.15, -0.1) is 0 Å². The number of sulfonamides is 1. The summed E-state index contributed by atoms with van der Waals surface area (Å²) in [5, 5.41) is 0. The molecule has 0 saturated carbocycles. The van der Waals surface area contributed by atoms with Gasteiger partial charge in [0.25, 0.3) is 0 Å². The molecule has 0 bridgehead atoms. The lowest BCUT2D eigenvalue weighted by Gasteiger charge is -2.30. The Labute approximate surface area is 127 Å². The molecule has 1 saturated heterocycles. The summed E-state index contributed by atoms with van der Waals surface area (Å²) in [4.78, 5) is 0. The quantitative estimate of drug-likeness (QED) is 0.862. The van der Waals surface area contributed by atoms with Crippen LogP contribution >= 0.6 is 0 Å². The number of nitrogen functional groups attached to an aromatic ring is 1. The minimum absolute atomic E-state index is 0.241. The zero-order chi connectivity index (χ0) is 15.6. The first-order chi connectivity index (χ1) is 9.77. The number of nitrogens with zero attached hydrogens (tertiary/aromatic N) is 1. The minimum Gasteiger partial charge on any atom is -0.493 e. The summed E-state index contributed by atoms with van der Waals surface area (Å²) in [5.41, 5.74) is 8.64. The Morgan fingerprint density at radius 3 is 2.71 bits per heavy atom. The summed E-state index contributed by atoms with van der Waals surface area (Å²) < 4.78 is 30.7. The Morgan fingerprint density at radius 1 is 1.33 bits per heavy atom. The van der Waals surface area contributed by atoms with Gasteiger partial charge in [0, 0.05) is 24.7 Å². The fourth-order valence-corrected chi connectivity index (χ4v) is 3.58. The summed E-state index contributed by atoms with van der Waals surface area (Å²) in [6.07, 6.45) is 3.16. The number of hydrogen-bond acceptors (Lipinski definition) is 4. The van der Waals surface area contributed by atoms with E-state index in [9.17, 15) is 8.42 Å². The highest BCUT2D eigenvalue weighted by atomic mass is 32.2. The van der Waals surface area contributed by atoms with E-state index < -0.39 is 10.0 Å². The predicted molar refractivity (Wildman–Crippen MR) is 85.0 cm³/mol. The average Bonchev–Trinajstić information content (AvgIpc) is 2.41. The molecular formula is C15H24N2O3S. The number of nitrogens with two attached hydrogens (primary N) is 1. The van der Waals surface area contributed by atoms with Gasteiger partial charge in [-0.2, -0.15) is 0 Å². The molecule has 21 heavy (non-hydrogen) atoms. The molecule has 2 rings (SSSR count). The molecular weight excluding hydrogens is 288 g/mol. The third-order valence-corrected chi connectivity index (χ3v) is 5.26. The second kappa shape index (κ2) is 6.23. The van der Waals surface area contributed by atoms with Crippen LogP contribution in [0.25, 0.3) is 0 Å². The molecule has 1 aromatic carbocycles. The topological polar surface area (TPSA) is 72.6 Å². The number of anilines is 1. The van der Waals surface area contributed by atoms with Crippen LogP contribution in [0.4, 0.5) is 5.69 Å². The molecule has 6 heteroatoms. The van der Waals surface area contributed by atoms with Gasteiger partial charge in [-0.1, -0.05) is 0 Å². The van der Waals surface area contributed by atoms with Gasteiger partial charge in [-0.05, 0) is 49.9 Å². The van der Waals surface area contributed by atoms with Gasteiger partial charge in [0.15, 0.2) is 0 Å². The lowest BCUT2D eigenvalue weighted by atomic mass is 10.0. The summed E-state index contributed by atoms with van der Waals surface area (Å²) in [7, 11) is -3.10. The highest BCUT2D eigenvalue weighted by molar-refractivity contribution is 7.88. The minimum atomic E-state index is -3.10. The molecule has 0 spiro atoms. The normalized spacial score (nSPS) is 20.4. The van der Waals surface area contributed by atoms with E-state index in [2.05, 4.69) is 0 Å². The summed E-state index contributed by atoms with van der Waals surface area (Å²) in [6, 6.07) is 3.86. The van der Waals surface area contributed by atoms with Gasteiger partial charge < -0.3 is 10.5 Å². The zero-order valence-corrected chi connectivity index (χ0v) is 13.7. The molecule has 0 aliphatic carbocycles. The van der Waals surface area contributed by atoms with E-state index in [1.54, 1.807) is 4.31 Å². The van der Waals surface area contributed by atoms with E-state index in [4.69, 9.17) is 10.5 Å². The number of piperidine rings is 1. The highest BCUT2D eigenvalue weighted by Crippen LogP contribution is 2.26. The van der Waals surface area contributed by atoms with Crippen molar-refractivity contribution in [2.24, 2.45) is 5.92 Å². The van der Waals surface area contributed by atoms with Gasteiger partial charge in [0.1, 0.15) is 5.75 Å². The molecule has 2 N–H and O–H groups in total. The van der Waals surface area contributed by atoms with Crippen molar-refractivity contribution in [1.29, 1.82) is 0 Å². The fourth-order valence-electron chi connectivity index (χ4n) is 2.64. The molecule has 0 amide bonds. The number of benzene rings is 1. The third kappa shape index (κ3) is 4.11. The Kier molecular flexibility index (Phi) is 4.78. The first-order valence-corrected chi connectivity index (χ1v) is 9.07. The van der Waals surface area contributed by atoms with Crippen molar-refractivity contribution in [2.45, 2.75) is 26.7 Å². The van der Waals surface area contributed by atoms with E-state index in [0.29, 0.717) is 19.7 Å². The number of ether oxygens (including phenoxy) is 1.